The fraction of sp³-hybridized carbons (Fsp3) is 0.276. The average Bonchev–Trinajstić information content (AvgIpc) is 3.40. The van der Waals surface area contributed by atoms with Crippen LogP contribution >= 0.6 is 0 Å². The highest BCUT2D eigenvalue weighted by molar-refractivity contribution is 6.13. The molecule has 0 unspecified atom stereocenters. The van der Waals surface area contributed by atoms with Crippen molar-refractivity contribution in [2.45, 2.75) is 27.3 Å². The molecule has 0 spiro atoms. The van der Waals surface area contributed by atoms with Gasteiger partial charge in [0.05, 0.1) is 25.5 Å². The number of anilines is 1. The van der Waals surface area contributed by atoms with Gasteiger partial charge in [-0.25, -0.2) is 0 Å². The summed E-state index contributed by atoms with van der Waals surface area (Å²) in [6.45, 7) is 8.56. The molecule has 0 aliphatic carbocycles. The van der Waals surface area contributed by atoms with Crippen molar-refractivity contribution in [3.8, 4) is 0 Å². The third-order valence-electron chi connectivity index (χ3n) is 6.63. The Labute approximate surface area is 215 Å². The molecule has 1 fully saturated rings. The molecular formula is C29H30N4O4. The van der Waals surface area contributed by atoms with Crippen LogP contribution < -0.4 is 5.32 Å². The Balaban J connectivity index is 1.37. The van der Waals surface area contributed by atoms with Crippen molar-refractivity contribution in [3.05, 3.63) is 88.4 Å². The average molecular weight is 499 g/mol. The van der Waals surface area contributed by atoms with Crippen molar-refractivity contribution in [3.63, 3.8) is 0 Å². The number of nitrogens with zero attached hydrogens (tertiary/aromatic N) is 3. The van der Waals surface area contributed by atoms with E-state index in [9.17, 15) is 9.59 Å². The maximum atomic E-state index is 13.2. The third-order valence-corrected chi connectivity index (χ3v) is 6.63. The zero-order valence-electron chi connectivity index (χ0n) is 21.3. The van der Waals surface area contributed by atoms with Gasteiger partial charge in [0.25, 0.3) is 5.91 Å². The standard InChI is InChI=1S/C29H30N4O4/c1-19-8-10-22(11-9-19)18-33-21(3)23(20(2)31-33)12-13-26(34)30-27-24-6-4-5-7-25(24)37-28(27)29(35)32-14-16-36-17-15-32/h4-13H,14-18H2,1-3H3,(H,30,34)/b13-12+. The van der Waals surface area contributed by atoms with Gasteiger partial charge in [-0.2, -0.15) is 5.10 Å². The number of fused-ring (bicyclic) bond motifs is 1. The summed E-state index contributed by atoms with van der Waals surface area (Å²) in [5.74, 6) is -0.487. The fourth-order valence-corrected chi connectivity index (χ4v) is 4.53. The predicted octanol–water partition coefficient (Wildman–Crippen LogP) is 4.73. The second-order valence-electron chi connectivity index (χ2n) is 9.26. The van der Waals surface area contributed by atoms with Crippen molar-refractivity contribution < 1.29 is 18.7 Å². The summed E-state index contributed by atoms with van der Waals surface area (Å²) in [5.41, 5.74) is 6.00. The van der Waals surface area contributed by atoms with E-state index >= 15 is 0 Å². The molecule has 2 amide bonds. The number of hydrogen-bond donors (Lipinski definition) is 1. The molecule has 2 aromatic heterocycles. The minimum Gasteiger partial charge on any atom is -0.449 e. The summed E-state index contributed by atoms with van der Waals surface area (Å²) >= 11 is 0. The van der Waals surface area contributed by atoms with Crippen LogP contribution in [0.15, 0.2) is 59.0 Å². The molecule has 0 bridgehead atoms. The van der Waals surface area contributed by atoms with Gasteiger partial charge in [0.1, 0.15) is 11.3 Å². The Morgan fingerprint density at radius 1 is 1.03 bits per heavy atom. The van der Waals surface area contributed by atoms with Crippen LogP contribution in [0.3, 0.4) is 0 Å². The zero-order chi connectivity index (χ0) is 25.9. The molecule has 8 nitrogen and oxygen atoms in total. The van der Waals surface area contributed by atoms with Crippen LogP contribution in [0.25, 0.3) is 17.0 Å². The van der Waals surface area contributed by atoms with E-state index in [0.29, 0.717) is 49.5 Å². The molecule has 37 heavy (non-hydrogen) atoms. The number of rotatable bonds is 6. The van der Waals surface area contributed by atoms with Crippen molar-refractivity contribution in [1.29, 1.82) is 0 Å². The number of aromatic nitrogens is 2. The number of aryl methyl sites for hydroxylation is 2. The Kier molecular flexibility index (Phi) is 6.92. The highest BCUT2D eigenvalue weighted by Gasteiger charge is 2.27. The molecule has 1 N–H and O–H groups in total. The van der Waals surface area contributed by atoms with Crippen molar-refractivity contribution in [2.75, 3.05) is 31.6 Å². The van der Waals surface area contributed by atoms with Crippen LogP contribution in [0.2, 0.25) is 0 Å². The third kappa shape index (κ3) is 5.20. The highest BCUT2D eigenvalue weighted by Crippen LogP contribution is 2.32. The summed E-state index contributed by atoms with van der Waals surface area (Å²) in [5, 5.41) is 8.24. The summed E-state index contributed by atoms with van der Waals surface area (Å²) in [6.07, 6.45) is 3.24. The lowest BCUT2D eigenvalue weighted by atomic mass is 10.1. The molecule has 3 heterocycles. The topological polar surface area (TPSA) is 89.6 Å². The van der Waals surface area contributed by atoms with Gasteiger partial charge in [-0.05, 0) is 44.5 Å². The Morgan fingerprint density at radius 3 is 2.51 bits per heavy atom. The lowest BCUT2D eigenvalue weighted by Gasteiger charge is -2.26. The maximum Gasteiger partial charge on any atom is 0.291 e. The number of carbonyl (C=O) groups is 2. The fourth-order valence-electron chi connectivity index (χ4n) is 4.53. The number of nitrogens with one attached hydrogen (secondary N) is 1. The van der Waals surface area contributed by atoms with E-state index in [1.165, 1.54) is 11.6 Å². The van der Waals surface area contributed by atoms with Gasteiger partial charge in [0, 0.05) is 35.8 Å². The molecule has 1 saturated heterocycles. The monoisotopic (exact) mass is 498 g/mol. The molecule has 0 saturated carbocycles. The minimum absolute atomic E-state index is 0.128. The summed E-state index contributed by atoms with van der Waals surface area (Å²) in [4.78, 5) is 27.9. The lowest BCUT2D eigenvalue weighted by Crippen LogP contribution is -2.40. The van der Waals surface area contributed by atoms with E-state index < -0.39 is 0 Å². The van der Waals surface area contributed by atoms with E-state index in [-0.39, 0.29) is 17.6 Å². The number of ether oxygens (including phenoxy) is 1. The summed E-state index contributed by atoms with van der Waals surface area (Å²) in [7, 11) is 0. The molecule has 1 aliphatic heterocycles. The quantitative estimate of drug-likeness (QED) is 0.388. The molecular weight excluding hydrogens is 468 g/mol. The maximum absolute atomic E-state index is 13.2. The van der Waals surface area contributed by atoms with Crippen LogP contribution in [-0.4, -0.2) is 52.8 Å². The summed E-state index contributed by atoms with van der Waals surface area (Å²) < 4.78 is 13.2. The summed E-state index contributed by atoms with van der Waals surface area (Å²) in [6, 6.07) is 15.7. The molecule has 0 radical (unpaired) electrons. The number of amides is 2. The predicted molar refractivity (Wildman–Crippen MR) is 143 cm³/mol. The number of hydrogen-bond acceptors (Lipinski definition) is 5. The highest BCUT2D eigenvalue weighted by atomic mass is 16.5. The first-order valence-electron chi connectivity index (χ1n) is 12.4. The second-order valence-corrected chi connectivity index (χ2v) is 9.26. The van der Waals surface area contributed by atoms with E-state index in [2.05, 4.69) is 41.6 Å². The van der Waals surface area contributed by atoms with Gasteiger partial charge in [-0.3, -0.25) is 14.3 Å². The Morgan fingerprint density at radius 2 is 1.76 bits per heavy atom. The number of para-hydroxylation sites is 1. The minimum atomic E-state index is -0.354. The van der Waals surface area contributed by atoms with E-state index in [1.807, 2.05) is 36.7 Å². The van der Waals surface area contributed by atoms with E-state index in [4.69, 9.17) is 9.15 Å². The van der Waals surface area contributed by atoms with Crippen LogP contribution in [0.4, 0.5) is 5.69 Å². The van der Waals surface area contributed by atoms with Crippen LogP contribution in [0.1, 0.15) is 38.6 Å². The second kappa shape index (κ2) is 10.4. The van der Waals surface area contributed by atoms with Crippen molar-refractivity contribution in [2.24, 2.45) is 0 Å². The number of benzene rings is 2. The van der Waals surface area contributed by atoms with Crippen molar-refractivity contribution >= 4 is 34.5 Å². The first-order valence-corrected chi connectivity index (χ1v) is 12.4. The first-order chi connectivity index (χ1) is 17.9. The molecule has 1 aliphatic rings. The van der Waals surface area contributed by atoms with Gasteiger partial charge >= 0.3 is 0 Å². The van der Waals surface area contributed by atoms with Gasteiger partial charge < -0.3 is 19.4 Å². The number of carbonyl (C=O) groups excluding carboxylic acids is 2. The Hall–Kier alpha value is -4.17. The largest absolute Gasteiger partial charge is 0.449 e. The lowest BCUT2D eigenvalue weighted by molar-refractivity contribution is -0.111. The normalized spacial score (nSPS) is 14.0. The molecule has 0 atom stereocenters. The number of morpholine rings is 1. The first kappa shape index (κ1) is 24.5. The molecule has 5 rings (SSSR count). The Bertz CT molecular complexity index is 1470. The van der Waals surface area contributed by atoms with Crippen molar-refractivity contribution in [1.82, 2.24) is 14.7 Å². The van der Waals surface area contributed by atoms with Crippen LogP contribution in [0.5, 0.6) is 0 Å². The zero-order valence-corrected chi connectivity index (χ0v) is 21.3. The molecule has 190 valence electrons. The molecule has 8 heteroatoms. The SMILES string of the molecule is Cc1ccc(Cn2nc(C)c(/C=C/C(=O)Nc3c(C(=O)N4CCOCC4)oc4ccccc34)c2C)cc1. The van der Waals surface area contributed by atoms with Gasteiger partial charge in [-0.1, -0.05) is 42.0 Å². The van der Waals surface area contributed by atoms with Crippen LogP contribution in [0, 0.1) is 20.8 Å². The van der Waals surface area contributed by atoms with E-state index in [1.54, 1.807) is 17.0 Å². The van der Waals surface area contributed by atoms with Gasteiger partial charge in [-0.15, -0.1) is 0 Å². The van der Waals surface area contributed by atoms with E-state index in [0.717, 1.165) is 22.5 Å². The van der Waals surface area contributed by atoms with Gasteiger partial charge in [0.2, 0.25) is 11.7 Å². The smallest absolute Gasteiger partial charge is 0.291 e. The number of furan rings is 1. The molecule has 2 aromatic carbocycles. The van der Waals surface area contributed by atoms with Crippen LogP contribution in [-0.2, 0) is 16.1 Å². The molecule has 4 aromatic rings. The van der Waals surface area contributed by atoms with Gasteiger partial charge in [0.15, 0.2) is 0 Å².